The topological polar surface area (TPSA) is 36.4 Å². The zero-order chi connectivity index (χ0) is 13.6. The van der Waals surface area contributed by atoms with Gasteiger partial charge in [-0.3, -0.25) is 9.88 Å². The number of hydrogen-bond donors (Lipinski definition) is 1. The SMILES string of the molecule is CC(C)(C)CN(CCCO)Cc1ccncc1Cl. The van der Waals surface area contributed by atoms with E-state index in [1.165, 1.54) is 0 Å². The highest BCUT2D eigenvalue weighted by molar-refractivity contribution is 6.31. The van der Waals surface area contributed by atoms with Crippen molar-refractivity contribution in [1.29, 1.82) is 0 Å². The second-order valence-corrected chi connectivity index (χ2v) is 6.22. The molecule has 1 rings (SSSR count). The van der Waals surface area contributed by atoms with Crippen molar-refractivity contribution in [2.45, 2.75) is 33.7 Å². The van der Waals surface area contributed by atoms with E-state index >= 15 is 0 Å². The Morgan fingerprint density at radius 2 is 2.11 bits per heavy atom. The number of aromatic nitrogens is 1. The summed E-state index contributed by atoms with van der Waals surface area (Å²) in [5.41, 5.74) is 1.32. The Labute approximate surface area is 115 Å². The highest BCUT2D eigenvalue weighted by Gasteiger charge is 2.17. The Balaban J connectivity index is 2.69. The van der Waals surface area contributed by atoms with E-state index in [2.05, 4.69) is 30.7 Å². The quantitative estimate of drug-likeness (QED) is 0.863. The molecule has 0 saturated heterocycles. The van der Waals surface area contributed by atoms with Crippen LogP contribution in [0.5, 0.6) is 0 Å². The molecule has 0 aliphatic rings. The molecule has 0 spiro atoms. The normalized spacial score (nSPS) is 12.1. The first kappa shape index (κ1) is 15.4. The van der Waals surface area contributed by atoms with Crippen molar-refractivity contribution >= 4 is 11.6 Å². The van der Waals surface area contributed by atoms with Crippen molar-refractivity contribution in [3.8, 4) is 0 Å². The van der Waals surface area contributed by atoms with Gasteiger partial charge in [0.25, 0.3) is 0 Å². The molecule has 0 unspecified atom stereocenters. The maximum Gasteiger partial charge on any atom is 0.0634 e. The van der Waals surface area contributed by atoms with Crippen LogP contribution in [-0.4, -0.2) is 34.7 Å². The molecule has 1 aromatic heterocycles. The number of pyridine rings is 1. The van der Waals surface area contributed by atoms with Crippen LogP contribution in [0, 0.1) is 5.41 Å². The third-order valence-corrected chi connectivity index (χ3v) is 2.92. The molecule has 3 nitrogen and oxygen atoms in total. The van der Waals surface area contributed by atoms with Gasteiger partial charge < -0.3 is 5.11 Å². The van der Waals surface area contributed by atoms with Gasteiger partial charge in [-0.2, -0.15) is 0 Å². The zero-order valence-electron chi connectivity index (χ0n) is 11.5. The van der Waals surface area contributed by atoms with Crippen LogP contribution in [0.25, 0.3) is 0 Å². The molecule has 102 valence electrons. The number of aliphatic hydroxyl groups excluding tert-OH is 1. The van der Waals surface area contributed by atoms with E-state index in [1.54, 1.807) is 12.4 Å². The predicted molar refractivity (Wildman–Crippen MR) is 75.7 cm³/mol. The first-order valence-electron chi connectivity index (χ1n) is 6.34. The van der Waals surface area contributed by atoms with Gasteiger partial charge in [0.1, 0.15) is 0 Å². The monoisotopic (exact) mass is 270 g/mol. The van der Waals surface area contributed by atoms with Crippen LogP contribution < -0.4 is 0 Å². The fourth-order valence-electron chi connectivity index (χ4n) is 1.95. The molecule has 18 heavy (non-hydrogen) atoms. The maximum absolute atomic E-state index is 8.97. The minimum atomic E-state index is 0.227. The highest BCUT2D eigenvalue weighted by Crippen LogP contribution is 2.20. The maximum atomic E-state index is 8.97. The standard InChI is InChI=1S/C14H23ClN2O/c1-14(2,3)11-17(7-4-8-18)10-12-5-6-16-9-13(12)15/h5-6,9,18H,4,7-8,10-11H2,1-3H3. The molecule has 1 N–H and O–H groups in total. The summed E-state index contributed by atoms with van der Waals surface area (Å²) in [6.07, 6.45) is 4.24. The third kappa shape index (κ3) is 5.80. The van der Waals surface area contributed by atoms with Crippen LogP contribution in [0.3, 0.4) is 0 Å². The highest BCUT2D eigenvalue weighted by atomic mass is 35.5. The summed E-state index contributed by atoms with van der Waals surface area (Å²) >= 11 is 6.14. The van der Waals surface area contributed by atoms with Crippen molar-refractivity contribution < 1.29 is 5.11 Å². The van der Waals surface area contributed by atoms with Gasteiger partial charge in [0.05, 0.1) is 5.02 Å². The van der Waals surface area contributed by atoms with E-state index in [-0.39, 0.29) is 12.0 Å². The smallest absolute Gasteiger partial charge is 0.0634 e. The van der Waals surface area contributed by atoms with Crippen LogP contribution in [0.2, 0.25) is 5.02 Å². The Hall–Kier alpha value is -0.640. The van der Waals surface area contributed by atoms with Gasteiger partial charge in [-0.05, 0) is 23.5 Å². The average Bonchev–Trinajstić information content (AvgIpc) is 2.27. The number of aliphatic hydroxyl groups is 1. The predicted octanol–water partition coefficient (Wildman–Crippen LogP) is 2.97. The number of nitrogens with zero attached hydrogens (tertiary/aromatic N) is 2. The molecule has 0 saturated carbocycles. The van der Waals surface area contributed by atoms with E-state index < -0.39 is 0 Å². The van der Waals surface area contributed by atoms with Gasteiger partial charge in [0.15, 0.2) is 0 Å². The molecule has 0 bridgehead atoms. The van der Waals surface area contributed by atoms with Gasteiger partial charge in [-0.1, -0.05) is 32.4 Å². The van der Waals surface area contributed by atoms with Crippen LogP contribution in [0.4, 0.5) is 0 Å². The van der Waals surface area contributed by atoms with Gasteiger partial charge in [-0.25, -0.2) is 0 Å². The van der Waals surface area contributed by atoms with Crippen molar-refractivity contribution in [2.75, 3.05) is 19.7 Å². The van der Waals surface area contributed by atoms with E-state index in [0.29, 0.717) is 5.02 Å². The lowest BCUT2D eigenvalue weighted by atomic mass is 9.95. The molecule has 0 aliphatic heterocycles. The molecule has 0 fully saturated rings. The van der Waals surface area contributed by atoms with E-state index in [0.717, 1.165) is 31.6 Å². The Morgan fingerprint density at radius 1 is 1.39 bits per heavy atom. The number of rotatable bonds is 6. The lowest BCUT2D eigenvalue weighted by molar-refractivity contribution is 0.166. The van der Waals surface area contributed by atoms with Crippen LogP contribution >= 0.6 is 11.6 Å². The molecule has 1 heterocycles. The lowest BCUT2D eigenvalue weighted by Crippen LogP contribution is -2.33. The second kappa shape index (κ2) is 7.07. The molecule has 1 aromatic rings. The van der Waals surface area contributed by atoms with Crippen molar-refractivity contribution in [2.24, 2.45) is 5.41 Å². The fourth-order valence-corrected chi connectivity index (χ4v) is 2.13. The minimum Gasteiger partial charge on any atom is -0.396 e. The third-order valence-electron chi connectivity index (χ3n) is 2.58. The molecule has 0 aromatic carbocycles. The fraction of sp³-hybridized carbons (Fsp3) is 0.643. The van der Waals surface area contributed by atoms with Crippen molar-refractivity contribution in [3.05, 3.63) is 29.0 Å². The summed E-state index contributed by atoms with van der Waals surface area (Å²) in [6, 6.07) is 1.96. The van der Waals surface area contributed by atoms with Gasteiger partial charge in [0, 0.05) is 38.6 Å². The molecule has 0 atom stereocenters. The molecule has 0 amide bonds. The van der Waals surface area contributed by atoms with E-state index in [9.17, 15) is 0 Å². The molecular weight excluding hydrogens is 248 g/mol. The summed E-state index contributed by atoms with van der Waals surface area (Å²) < 4.78 is 0. The van der Waals surface area contributed by atoms with E-state index in [4.69, 9.17) is 16.7 Å². The number of hydrogen-bond acceptors (Lipinski definition) is 3. The summed E-state index contributed by atoms with van der Waals surface area (Å²) in [5, 5.41) is 9.68. The number of halogens is 1. The molecule has 0 aliphatic carbocycles. The van der Waals surface area contributed by atoms with Crippen LogP contribution in [0.15, 0.2) is 18.5 Å². The first-order chi connectivity index (χ1) is 8.42. The van der Waals surface area contributed by atoms with E-state index in [1.807, 2.05) is 6.07 Å². The minimum absolute atomic E-state index is 0.227. The first-order valence-corrected chi connectivity index (χ1v) is 6.72. The summed E-state index contributed by atoms with van der Waals surface area (Å²) in [6.45, 7) is 9.54. The summed E-state index contributed by atoms with van der Waals surface area (Å²) in [7, 11) is 0. The van der Waals surface area contributed by atoms with Gasteiger partial charge in [-0.15, -0.1) is 0 Å². The largest absolute Gasteiger partial charge is 0.396 e. The Kier molecular flexibility index (Phi) is 6.06. The Bertz CT molecular complexity index is 363. The van der Waals surface area contributed by atoms with Crippen LogP contribution in [-0.2, 0) is 6.54 Å². The molecule has 4 heteroatoms. The molecular formula is C14H23ClN2O. The lowest BCUT2D eigenvalue weighted by Gasteiger charge is -2.30. The second-order valence-electron chi connectivity index (χ2n) is 5.82. The van der Waals surface area contributed by atoms with Gasteiger partial charge in [0.2, 0.25) is 0 Å². The van der Waals surface area contributed by atoms with Crippen molar-refractivity contribution in [1.82, 2.24) is 9.88 Å². The summed E-state index contributed by atoms with van der Waals surface area (Å²) in [4.78, 5) is 6.33. The molecule has 0 radical (unpaired) electrons. The summed E-state index contributed by atoms with van der Waals surface area (Å²) in [5.74, 6) is 0. The average molecular weight is 271 g/mol. The van der Waals surface area contributed by atoms with Gasteiger partial charge >= 0.3 is 0 Å². The van der Waals surface area contributed by atoms with Crippen molar-refractivity contribution in [3.63, 3.8) is 0 Å². The van der Waals surface area contributed by atoms with Crippen LogP contribution in [0.1, 0.15) is 32.8 Å². The zero-order valence-corrected chi connectivity index (χ0v) is 12.2. The Morgan fingerprint density at radius 3 is 2.67 bits per heavy atom.